The van der Waals surface area contributed by atoms with Crippen LogP contribution in [0, 0.1) is 5.41 Å². The molecule has 1 aliphatic rings. The molecule has 0 saturated carbocycles. The Hall–Kier alpha value is -1.06. The van der Waals surface area contributed by atoms with Crippen LogP contribution in [-0.4, -0.2) is 24.0 Å². The molecule has 1 saturated heterocycles. The Morgan fingerprint density at radius 2 is 2.33 bits per heavy atom. The summed E-state index contributed by atoms with van der Waals surface area (Å²) in [6.07, 6.45) is 1.35. The lowest BCUT2D eigenvalue weighted by atomic mass is 10.0. The van der Waals surface area contributed by atoms with Gasteiger partial charge in [-0.15, -0.1) is 0 Å². The molecule has 0 aromatic heterocycles. The molecule has 0 spiro atoms. The lowest BCUT2D eigenvalue weighted by Crippen LogP contribution is -2.46. The number of hydrogen-bond donors (Lipinski definition) is 2. The molecule has 1 heterocycles. The highest BCUT2D eigenvalue weighted by Crippen LogP contribution is 2.12. The first-order chi connectivity index (χ1) is 5.59. The molecule has 1 aliphatic heterocycles. The molecule has 0 aliphatic carbocycles. The summed E-state index contributed by atoms with van der Waals surface area (Å²) in [4.78, 5) is 10.6. The predicted molar refractivity (Wildman–Crippen MR) is 45.1 cm³/mol. The molecule has 1 fully saturated rings. The van der Waals surface area contributed by atoms with Gasteiger partial charge >= 0.3 is 5.97 Å². The summed E-state index contributed by atoms with van der Waals surface area (Å²) in [6.45, 7) is 3.38. The van der Waals surface area contributed by atoms with Gasteiger partial charge in [0.25, 0.3) is 0 Å². The first-order valence-electron chi connectivity index (χ1n) is 4.12. The quantitative estimate of drug-likeness (QED) is 0.568. The van der Waals surface area contributed by atoms with Crippen LogP contribution in [0.25, 0.3) is 0 Å². The average Bonchev–Trinajstić information content (AvgIpc) is 1.94. The number of hydrogen-bond acceptors (Lipinski definition) is 3. The van der Waals surface area contributed by atoms with Gasteiger partial charge in [0.05, 0.1) is 0 Å². The largest absolute Gasteiger partial charge is 0.454 e. The van der Waals surface area contributed by atoms with Crippen molar-refractivity contribution >= 4 is 11.8 Å². The number of rotatable bonds is 1. The van der Waals surface area contributed by atoms with E-state index in [1.54, 1.807) is 0 Å². The van der Waals surface area contributed by atoms with Gasteiger partial charge in [-0.25, -0.2) is 0 Å². The fourth-order valence-corrected chi connectivity index (χ4v) is 1.29. The van der Waals surface area contributed by atoms with Gasteiger partial charge in [-0.1, -0.05) is 0 Å². The second-order valence-electron chi connectivity index (χ2n) is 3.13. The molecule has 2 atom stereocenters. The van der Waals surface area contributed by atoms with E-state index in [1.807, 2.05) is 6.92 Å². The van der Waals surface area contributed by atoms with E-state index >= 15 is 0 Å². The fraction of sp³-hybridized carbons (Fsp3) is 0.750. The van der Waals surface area contributed by atoms with E-state index in [2.05, 4.69) is 5.32 Å². The number of carbonyl (C=O) groups excluding carboxylic acids is 1. The number of ether oxygens (including phenoxy) is 1. The minimum Gasteiger partial charge on any atom is -0.454 e. The van der Waals surface area contributed by atoms with Crippen LogP contribution in [0.15, 0.2) is 0 Å². The van der Waals surface area contributed by atoms with Crippen LogP contribution >= 0.6 is 0 Å². The van der Waals surface area contributed by atoms with Crippen molar-refractivity contribution in [1.82, 2.24) is 5.32 Å². The summed E-state index contributed by atoms with van der Waals surface area (Å²) < 4.78 is 4.93. The van der Waals surface area contributed by atoms with E-state index in [9.17, 15) is 4.79 Å². The molecule has 2 unspecified atom stereocenters. The third kappa shape index (κ3) is 2.22. The van der Waals surface area contributed by atoms with Crippen molar-refractivity contribution in [3.63, 3.8) is 0 Å². The summed E-state index contributed by atoms with van der Waals surface area (Å²) in [7, 11) is 0. The van der Waals surface area contributed by atoms with Crippen molar-refractivity contribution in [2.75, 3.05) is 0 Å². The molecular formula is C8H14N2O2. The van der Waals surface area contributed by atoms with E-state index in [0.29, 0.717) is 11.9 Å². The third-order valence-corrected chi connectivity index (χ3v) is 1.89. The zero-order chi connectivity index (χ0) is 9.14. The van der Waals surface area contributed by atoms with Crippen LogP contribution in [0.5, 0.6) is 0 Å². The number of amidine groups is 1. The monoisotopic (exact) mass is 170 g/mol. The van der Waals surface area contributed by atoms with Gasteiger partial charge in [-0.2, -0.15) is 0 Å². The maximum absolute atomic E-state index is 10.6. The van der Waals surface area contributed by atoms with E-state index in [-0.39, 0.29) is 12.1 Å². The predicted octanol–water partition coefficient (Wildman–Crippen LogP) is 0.667. The Morgan fingerprint density at radius 3 is 2.83 bits per heavy atom. The van der Waals surface area contributed by atoms with E-state index in [4.69, 9.17) is 10.1 Å². The lowest BCUT2D eigenvalue weighted by Gasteiger charge is -2.28. The number of piperidine rings is 1. The highest BCUT2D eigenvalue weighted by atomic mass is 16.5. The molecule has 2 N–H and O–H groups in total. The van der Waals surface area contributed by atoms with Crippen molar-refractivity contribution in [3.05, 3.63) is 0 Å². The molecule has 0 bridgehead atoms. The van der Waals surface area contributed by atoms with Crippen LogP contribution in [0.4, 0.5) is 0 Å². The van der Waals surface area contributed by atoms with Crippen LogP contribution in [-0.2, 0) is 9.53 Å². The highest BCUT2D eigenvalue weighted by molar-refractivity contribution is 5.86. The van der Waals surface area contributed by atoms with Gasteiger partial charge < -0.3 is 10.1 Å². The zero-order valence-corrected chi connectivity index (χ0v) is 7.39. The van der Waals surface area contributed by atoms with Crippen molar-refractivity contribution in [2.24, 2.45) is 0 Å². The smallest absolute Gasteiger partial charge is 0.303 e. The molecule has 0 aromatic rings. The summed E-state index contributed by atoms with van der Waals surface area (Å²) in [5.74, 6) is 0.00468. The molecule has 4 heteroatoms. The summed E-state index contributed by atoms with van der Waals surface area (Å²) >= 11 is 0. The zero-order valence-electron chi connectivity index (χ0n) is 7.39. The highest BCUT2D eigenvalue weighted by Gasteiger charge is 2.24. The van der Waals surface area contributed by atoms with Crippen molar-refractivity contribution in [1.29, 1.82) is 5.41 Å². The number of nitrogens with one attached hydrogen (secondary N) is 2. The fourth-order valence-electron chi connectivity index (χ4n) is 1.29. The van der Waals surface area contributed by atoms with Gasteiger partial charge in [0.15, 0.2) is 6.10 Å². The molecule has 4 nitrogen and oxygen atoms in total. The number of carbonyl (C=O) groups is 1. The normalized spacial score (nSPS) is 29.3. The third-order valence-electron chi connectivity index (χ3n) is 1.89. The Bertz CT molecular complexity index is 203. The molecule has 0 amide bonds. The van der Waals surface area contributed by atoms with Crippen LogP contribution in [0.3, 0.4) is 0 Å². The summed E-state index contributed by atoms with van der Waals surface area (Å²) in [5.41, 5.74) is 0. The van der Waals surface area contributed by atoms with E-state index < -0.39 is 0 Å². The van der Waals surface area contributed by atoms with Gasteiger partial charge in [-0.3, -0.25) is 10.2 Å². The second-order valence-corrected chi connectivity index (χ2v) is 3.13. The van der Waals surface area contributed by atoms with Crippen LogP contribution in [0.2, 0.25) is 0 Å². The van der Waals surface area contributed by atoms with Crippen molar-refractivity contribution in [2.45, 2.75) is 38.8 Å². The van der Waals surface area contributed by atoms with Gasteiger partial charge in [0, 0.05) is 13.0 Å². The van der Waals surface area contributed by atoms with Crippen LogP contribution < -0.4 is 5.32 Å². The molecule has 0 aromatic carbocycles. The van der Waals surface area contributed by atoms with E-state index in [1.165, 1.54) is 6.92 Å². The summed E-state index contributed by atoms with van der Waals surface area (Å²) in [6, 6.07) is 0.323. The first kappa shape index (κ1) is 9.03. The second kappa shape index (κ2) is 3.56. The summed E-state index contributed by atoms with van der Waals surface area (Å²) in [5, 5.41) is 10.4. The first-order valence-corrected chi connectivity index (χ1v) is 4.12. The topological polar surface area (TPSA) is 62.2 Å². The van der Waals surface area contributed by atoms with Gasteiger partial charge in [-0.05, 0) is 19.8 Å². The molecule has 1 rings (SSSR count). The maximum Gasteiger partial charge on any atom is 0.303 e. The van der Waals surface area contributed by atoms with Crippen molar-refractivity contribution < 1.29 is 9.53 Å². The van der Waals surface area contributed by atoms with E-state index in [0.717, 1.165) is 12.8 Å². The van der Waals surface area contributed by atoms with Crippen LogP contribution in [0.1, 0.15) is 26.7 Å². The van der Waals surface area contributed by atoms with Gasteiger partial charge in [0.1, 0.15) is 5.84 Å². The number of esters is 1. The Morgan fingerprint density at radius 1 is 1.67 bits per heavy atom. The maximum atomic E-state index is 10.6. The minimum absolute atomic E-state index is 0.318. The van der Waals surface area contributed by atoms with Gasteiger partial charge in [0.2, 0.25) is 0 Å². The standard InChI is InChI=1S/C8H14N2O2/c1-5-3-4-7(8(9)10-5)12-6(2)11/h5,7H,3-4H2,1-2H3,(H2,9,10). The lowest BCUT2D eigenvalue weighted by molar-refractivity contribution is -0.144. The SMILES string of the molecule is CC(=O)OC1CCC(C)NC1=N. The molecule has 12 heavy (non-hydrogen) atoms. The molecule has 68 valence electrons. The molecular weight excluding hydrogens is 156 g/mol. The Labute approximate surface area is 71.8 Å². The average molecular weight is 170 g/mol. The minimum atomic E-state index is -0.348. The molecule has 0 radical (unpaired) electrons. The van der Waals surface area contributed by atoms with Crippen molar-refractivity contribution in [3.8, 4) is 0 Å². The Balaban J connectivity index is 2.45. The Kier molecular flexibility index (Phi) is 2.68.